The average Bonchev–Trinajstić information content (AvgIpc) is 3.03. The lowest BCUT2D eigenvalue weighted by molar-refractivity contribution is -0.115. The number of hydrogen-bond acceptors (Lipinski definition) is 5. The van der Waals surface area contributed by atoms with Crippen molar-refractivity contribution in [3.8, 4) is 17.2 Å². The minimum absolute atomic E-state index is 0.172. The van der Waals surface area contributed by atoms with E-state index in [9.17, 15) is 9.90 Å². The van der Waals surface area contributed by atoms with E-state index < -0.39 is 0 Å². The van der Waals surface area contributed by atoms with Crippen LogP contribution in [0.4, 0.5) is 5.69 Å². The number of para-hydroxylation sites is 1. The number of ether oxygens (including phenoxy) is 1. The van der Waals surface area contributed by atoms with Gasteiger partial charge in [0.25, 0.3) is 5.91 Å². The highest BCUT2D eigenvalue weighted by Crippen LogP contribution is 2.30. The monoisotopic (exact) mass is 388 g/mol. The molecule has 1 aliphatic rings. The van der Waals surface area contributed by atoms with Crippen molar-refractivity contribution in [2.45, 2.75) is 0 Å². The van der Waals surface area contributed by atoms with Crippen molar-refractivity contribution in [1.82, 2.24) is 5.32 Å². The van der Waals surface area contributed by atoms with Crippen LogP contribution in [0.5, 0.6) is 17.2 Å². The van der Waals surface area contributed by atoms with Crippen molar-refractivity contribution < 1.29 is 14.6 Å². The van der Waals surface area contributed by atoms with Gasteiger partial charge in [0.15, 0.2) is 5.17 Å². The largest absolute Gasteiger partial charge is 0.508 e. The van der Waals surface area contributed by atoms with Crippen molar-refractivity contribution >= 4 is 34.6 Å². The third kappa shape index (κ3) is 4.42. The number of phenolic OH excluding ortho intramolecular Hbond substituents is 1. The lowest BCUT2D eigenvalue weighted by Gasteiger charge is -2.06. The second-order valence-corrected chi connectivity index (χ2v) is 7.02. The number of rotatable bonds is 4. The quantitative estimate of drug-likeness (QED) is 0.612. The first-order valence-electron chi connectivity index (χ1n) is 8.57. The van der Waals surface area contributed by atoms with Crippen LogP contribution >= 0.6 is 11.8 Å². The number of thioether (sulfide) groups is 1. The van der Waals surface area contributed by atoms with E-state index in [0.717, 1.165) is 11.3 Å². The maximum Gasteiger partial charge on any atom is 0.264 e. The molecule has 0 bridgehead atoms. The third-order valence-electron chi connectivity index (χ3n) is 3.87. The summed E-state index contributed by atoms with van der Waals surface area (Å²) >= 11 is 1.27. The molecular weight excluding hydrogens is 372 g/mol. The van der Waals surface area contributed by atoms with Crippen LogP contribution in [-0.4, -0.2) is 16.2 Å². The predicted molar refractivity (Wildman–Crippen MR) is 112 cm³/mol. The Balaban J connectivity index is 1.51. The molecule has 5 nitrogen and oxygen atoms in total. The summed E-state index contributed by atoms with van der Waals surface area (Å²) in [6.45, 7) is 0. The second-order valence-electron chi connectivity index (χ2n) is 5.99. The fraction of sp³-hybridized carbons (Fsp3) is 0. The van der Waals surface area contributed by atoms with Crippen molar-refractivity contribution in [2.24, 2.45) is 4.99 Å². The molecule has 3 aromatic carbocycles. The summed E-state index contributed by atoms with van der Waals surface area (Å²) in [5, 5.41) is 12.6. The highest BCUT2D eigenvalue weighted by Gasteiger charge is 2.23. The lowest BCUT2D eigenvalue weighted by Crippen LogP contribution is -2.19. The van der Waals surface area contributed by atoms with Crippen molar-refractivity contribution in [3.05, 3.63) is 89.3 Å². The summed E-state index contributed by atoms with van der Waals surface area (Å²) in [5.74, 6) is 1.42. The predicted octanol–water partition coefficient (Wildman–Crippen LogP) is 5.08. The van der Waals surface area contributed by atoms with Gasteiger partial charge < -0.3 is 15.2 Å². The number of phenols is 1. The number of aromatic hydroxyl groups is 1. The number of nitrogens with one attached hydrogen (secondary N) is 1. The molecule has 1 heterocycles. The van der Waals surface area contributed by atoms with Crippen LogP contribution in [0, 0.1) is 0 Å². The SMILES string of the molecule is O=C1NC(=Nc2ccc(O)cc2)S/C1=C/c1cccc(Oc2ccccc2)c1. The number of nitrogens with zero attached hydrogens (tertiary/aromatic N) is 1. The van der Waals surface area contributed by atoms with Crippen molar-refractivity contribution in [1.29, 1.82) is 0 Å². The molecule has 4 rings (SSSR count). The van der Waals surface area contributed by atoms with Gasteiger partial charge in [-0.2, -0.15) is 0 Å². The maximum absolute atomic E-state index is 12.3. The molecule has 2 N–H and O–H groups in total. The van der Waals surface area contributed by atoms with Crippen LogP contribution in [0.3, 0.4) is 0 Å². The Bertz CT molecular complexity index is 1060. The van der Waals surface area contributed by atoms with Crippen LogP contribution < -0.4 is 10.1 Å². The Labute approximate surface area is 166 Å². The van der Waals surface area contributed by atoms with Crippen LogP contribution in [0.15, 0.2) is 88.8 Å². The van der Waals surface area contributed by atoms with Gasteiger partial charge in [0, 0.05) is 0 Å². The molecule has 3 aromatic rings. The molecule has 0 radical (unpaired) electrons. The van der Waals surface area contributed by atoms with E-state index in [2.05, 4.69) is 10.3 Å². The zero-order chi connectivity index (χ0) is 19.3. The Hall–Kier alpha value is -3.51. The average molecular weight is 388 g/mol. The molecule has 0 aliphatic carbocycles. The lowest BCUT2D eigenvalue weighted by atomic mass is 10.2. The summed E-state index contributed by atoms with van der Waals surface area (Å²) in [7, 11) is 0. The second kappa shape index (κ2) is 8.02. The summed E-state index contributed by atoms with van der Waals surface area (Å²) in [4.78, 5) is 17.2. The van der Waals surface area contributed by atoms with Gasteiger partial charge in [0.05, 0.1) is 10.6 Å². The minimum Gasteiger partial charge on any atom is -0.508 e. The molecule has 0 unspecified atom stereocenters. The fourth-order valence-corrected chi connectivity index (χ4v) is 3.41. The molecule has 1 saturated heterocycles. The molecule has 0 saturated carbocycles. The van der Waals surface area contributed by atoms with Crippen molar-refractivity contribution in [3.63, 3.8) is 0 Å². The molecular formula is C22H16N2O3S. The molecule has 1 fully saturated rings. The van der Waals surface area contributed by atoms with Gasteiger partial charge in [-0.25, -0.2) is 4.99 Å². The fourth-order valence-electron chi connectivity index (χ4n) is 2.57. The zero-order valence-electron chi connectivity index (χ0n) is 14.7. The first-order chi connectivity index (χ1) is 13.7. The molecule has 0 atom stereocenters. The van der Waals surface area contributed by atoms with Crippen LogP contribution in [0.1, 0.15) is 5.56 Å². The summed E-state index contributed by atoms with van der Waals surface area (Å²) in [6, 6.07) is 23.5. The summed E-state index contributed by atoms with van der Waals surface area (Å²) in [5.41, 5.74) is 1.51. The van der Waals surface area contributed by atoms with Gasteiger partial charge in [-0.1, -0.05) is 30.3 Å². The van der Waals surface area contributed by atoms with E-state index in [0.29, 0.717) is 21.5 Å². The van der Waals surface area contributed by atoms with Gasteiger partial charge in [0.2, 0.25) is 0 Å². The van der Waals surface area contributed by atoms with Gasteiger partial charge in [-0.05, 0) is 71.9 Å². The smallest absolute Gasteiger partial charge is 0.264 e. The molecule has 1 aliphatic heterocycles. The number of carbonyl (C=O) groups excluding carboxylic acids is 1. The zero-order valence-corrected chi connectivity index (χ0v) is 15.5. The van der Waals surface area contributed by atoms with E-state index in [1.165, 1.54) is 11.8 Å². The maximum atomic E-state index is 12.3. The first-order valence-corrected chi connectivity index (χ1v) is 9.39. The van der Waals surface area contributed by atoms with Gasteiger partial charge in [0.1, 0.15) is 17.2 Å². The van der Waals surface area contributed by atoms with E-state index in [1.54, 1.807) is 30.3 Å². The molecule has 1 amide bonds. The third-order valence-corrected chi connectivity index (χ3v) is 4.78. The topological polar surface area (TPSA) is 70.9 Å². The summed E-state index contributed by atoms with van der Waals surface area (Å²) < 4.78 is 5.84. The highest BCUT2D eigenvalue weighted by molar-refractivity contribution is 8.18. The molecule has 6 heteroatoms. The Morgan fingerprint density at radius 2 is 1.68 bits per heavy atom. The number of hydrogen-bond donors (Lipinski definition) is 2. The van der Waals surface area contributed by atoms with E-state index in [-0.39, 0.29) is 11.7 Å². The van der Waals surface area contributed by atoms with Crippen molar-refractivity contribution in [2.75, 3.05) is 0 Å². The standard InChI is InChI=1S/C22H16N2O3S/c25-17-11-9-16(10-12-17)23-22-24-21(26)20(28-22)14-15-5-4-8-19(13-15)27-18-6-2-1-3-7-18/h1-14,25H,(H,23,24,26)/b20-14+. The summed E-state index contributed by atoms with van der Waals surface area (Å²) in [6.07, 6.45) is 1.80. The van der Waals surface area contributed by atoms with E-state index >= 15 is 0 Å². The van der Waals surface area contributed by atoms with Gasteiger partial charge in [-0.15, -0.1) is 0 Å². The first kappa shape index (κ1) is 17.9. The van der Waals surface area contributed by atoms with Crippen LogP contribution in [-0.2, 0) is 4.79 Å². The number of carbonyl (C=O) groups is 1. The Morgan fingerprint density at radius 3 is 2.46 bits per heavy atom. The number of amidine groups is 1. The molecule has 138 valence electrons. The van der Waals surface area contributed by atoms with Crippen LogP contribution in [0.25, 0.3) is 6.08 Å². The Kier molecular flexibility index (Phi) is 5.12. The number of benzene rings is 3. The number of aliphatic imine (C=N–C) groups is 1. The van der Waals surface area contributed by atoms with Gasteiger partial charge in [-0.3, -0.25) is 4.79 Å². The van der Waals surface area contributed by atoms with Crippen LogP contribution in [0.2, 0.25) is 0 Å². The van der Waals surface area contributed by atoms with E-state index in [4.69, 9.17) is 4.74 Å². The Morgan fingerprint density at radius 1 is 0.929 bits per heavy atom. The minimum atomic E-state index is -0.197. The normalized spacial score (nSPS) is 16.4. The molecule has 0 aromatic heterocycles. The number of amides is 1. The molecule has 0 spiro atoms. The highest BCUT2D eigenvalue weighted by atomic mass is 32.2. The van der Waals surface area contributed by atoms with Gasteiger partial charge >= 0.3 is 0 Å². The molecule has 28 heavy (non-hydrogen) atoms. The van der Waals surface area contributed by atoms with E-state index in [1.807, 2.05) is 54.6 Å².